The van der Waals surface area contributed by atoms with Gasteiger partial charge in [0, 0.05) is 18.7 Å². The zero-order chi connectivity index (χ0) is 15.7. The van der Waals surface area contributed by atoms with Crippen molar-refractivity contribution in [1.29, 1.82) is 0 Å². The summed E-state index contributed by atoms with van der Waals surface area (Å²) in [5, 5.41) is 5.66. The second-order valence-corrected chi connectivity index (χ2v) is 4.21. The molecule has 6 nitrogen and oxygen atoms in total. The number of carbonyl (C=O) groups is 1. The van der Waals surface area contributed by atoms with Crippen molar-refractivity contribution in [3.8, 4) is 5.75 Å². The molecular formula is C14H17ClN4O2. The molecule has 7 heteroatoms. The van der Waals surface area contributed by atoms with E-state index in [1.54, 1.807) is 18.2 Å². The lowest BCUT2D eigenvalue weighted by Gasteiger charge is -2.10. The smallest absolute Gasteiger partial charge is 0.324 e. The molecule has 0 aliphatic rings. The molecule has 0 unspecified atom stereocenters. The minimum atomic E-state index is -0.447. The average Bonchev–Trinajstić information content (AvgIpc) is 2.48. The maximum Gasteiger partial charge on any atom is 0.324 e. The number of urea groups is 1. The maximum atomic E-state index is 11.9. The Hall–Kier alpha value is -2.34. The molecule has 21 heavy (non-hydrogen) atoms. The molecule has 112 valence electrons. The van der Waals surface area contributed by atoms with Gasteiger partial charge in [0.15, 0.2) is 0 Å². The fourth-order valence-corrected chi connectivity index (χ4v) is 1.54. The largest absolute Gasteiger partial charge is 0.497 e. The first-order valence-corrected chi connectivity index (χ1v) is 6.59. The molecule has 2 amide bonds. The number of hydrogen-bond acceptors (Lipinski definition) is 3. The van der Waals surface area contributed by atoms with Crippen molar-refractivity contribution >= 4 is 35.5 Å². The van der Waals surface area contributed by atoms with E-state index in [0.717, 1.165) is 0 Å². The van der Waals surface area contributed by atoms with E-state index >= 15 is 0 Å². The number of anilines is 1. The molecule has 0 aromatic heterocycles. The van der Waals surface area contributed by atoms with Crippen molar-refractivity contribution in [3.05, 3.63) is 36.0 Å². The van der Waals surface area contributed by atoms with Crippen molar-refractivity contribution < 1.29 is 9.53 Å². The summed E-state index contributed by atoms with van der Waals surface area (Å²) >= 11 is 6.01. The number of ether oxygens (including phenoxy) is 1. The van der Waals surface area contributed by atoms with E-state index in [1.165, 1.54) is 19.6 Å². The Bertz CT molecular complexity index is 570. The Morgan fingerprint density at radius 3 is 2.90 bits per heavy atom. The van der Waals surface area contributed by atoms with Crippen LogP contribution in [-0.2, 0) is 0 Å². The molecule has 0 radical (unpaired) electrons. The molecule has 0 saturated carbocycles. The van der Waals surface area contributed by atoms with Gasteiger partial charge >= 0.3 is 6.03 Å². The van der Waals surface area contributed by atoms with Crippen LogP contribution in [0.25, 0.3) is 0 Å². The highest BCUT2D eigenvalue weighted by molar-refractivity contribution is 6.33. The third-order valence-corrected chi connectivity index (χ3v) is 2.73. The van der Waals surface area contributed by atoms with Crippen LogP contribution >= 0.6 is 11.6 Å². The second kappa shape index (κ2) is 8.76. The first-order chi connectivity index (χ1) is 10.1. The number of halogens is 1. The fraction of sp³-hybridized carbons (Fsp3) is 0.214. The molecule has 1 aromatic rings. The quantitative estimate of drug-likeness (QED) is 0.645. The summed E-state index contributed by atoms with van der Waals surface area (Å²) in [7, 11) is 1.54. The topological polar surface area (TPSA) is 75.1 Å². The van der Waals surface area contributed by atoms with Gasteiger partial charge in [-0.2, -0.15) is 0 Å². The predicted molar refractivity (Wildman–Crippen MR) is 86.6 cm³/mol. The van der Waals surface area contributed by atoms with Gasteiger partial charge in [0.2, 0.25) is 0 Å². The molecule has 1 aromatic carbocycles. The number of benzene rings is 1. The highest BCUT2D eigenvalue weighted by Gasteiger charge is 2.08. The monoisotopic (exact) mass is 308 g/mol. The molecule has 2 N–H and O–H groups in total. The van der Waals surface area contributed by atoms with Gasteiger partial charge in [-0.3, -0.25) is 5.32 Å². The first-order valence-electron chi connectivity index (χ1n) is 6.21. The number of hydrogen-bond donors (Lipinski definition) is 2. The molecule has 0 fully saturated rings. The molecule has 1 rings (SSSR count). The lowest BCUT2D eigenvalue weighted by Crippen LogP contribution is -2.34. The maximum absolute atomic E-state index is 11.9. The number of carbonyl (C=O) groups excluding carboxylic acids is 1. The van der Waals surface area contributed by atoms with Crippen LogP contribution < -0.4 is 15.4 Å². The van der Waals surface area contributed by atoms with Gasteiger partial charge < -0.3 is 10.1 Å². The van der Waals surface area contributed by atoms with Crippen molar-refractivity contribution in [2.24, 2.45) is 9.98 Å². The Balaban J connectivity index is 2.74. The van der Waals surface area contributed by atoms with Gasteiger partial charge in [-0.25, -0.2) is 14.8 Å². The van der Waals surface area contributed by atoms with E-state index in [2.05, 4.69) is 27.2 Å². The average molecular weight is 309 g/mol. The van der Waals surface area contributed by atoms with Crippen LogP contribution in [-0.4, -0.2) is 25.3 Å². The zero-order valence-electron chi connectivity index (χ0n) is 11.9. The van der Waals surface area contributed by atoms with Gasteiger partial charge in [0.25, 0.3) is 0 Å². The van der Waals surface area contributed by atoms with E-state index in [9.17, 15) is 4.79 Å². The van der Waals surface area contributed by atoms with Crippen LogP contribution in [0.4, 0.5) is 10.5 Å². The van der Waals surface area contributed by atoms with E-state index in [-0.39, 0.29) is 0 Å². The third kappa shape index (κ3) is 5.66. The summed E-state index contributed by atoms with van der Waals surface area (Å²) in [5.41, 5.74) is 0.448. The second-order valence-electron chi connectivity index (χ2n) is 3.80. The van der Waals surface area contributed by atoms with Crippen LogP contribution in [0.3, 0.4) is 0 Å². The lowest BCUT2D eigenvalue weighted by molar-refractivity contribution is 0.256. The highest BCUT2D eigenvalue weighted by Crippen LogP contribution is 2.26. The summed E-state index contributed by atoms with van der Waals surface area (Å²) in [4.78, 5) is 19.6. The lowest BCUT2D eigenvalue weighted by atomic mass is 10.3. The number of nitrogens with one attached hydrogen (secondary N) is 2. The number of nitrogens with zero attached hydrogens (tertiary/aromatic N) is 2. The van der Waals surface area contributed by atoms with E-state index < -0.39 is 6.03 Å². The van der Waals surface area contributed by atoms with Crippen molar-refractivity contribution in [2.75, 3.05) is 12.4 Å². The minimum Gasteiger partial charge on any atom is -0.497 e. The molecule has 0 atom stereocenters. The van der Waals surface area contributed by atoms with Crippen molar-refractivity contribution in [2.45, 2.75) is 13.3 Å². The summed E-state index contributed by atoms with van der Waals surface area (Å²) < 4.78 is 5.08. The number of amidine groups is 1. The summed E-state index contributed by atoms with van der Waals surface area (Å²) in [6.45, 7) is 5.29. The van der Waals surface area contributed by atoms with E-state index in [4.69, 9.17) is 16.3 Å². The van der Waals surface area contributed by atoms with Crippen LogP contribution in [0.2, 0.25) is 5.02 Å². The molecule has 0 spiro atoms. The molecular weight excluding hydrogens is 292 g/mol. The van der Waals surface area contributed by atoms with E-state index in [1.807, 2.05) is 6.92 Å². The Kier molecular flexibility index (Phi) is 6.97. The first kappa shape index (κ1) is 16.7. The summed E-state index contributed by atoms with van der Waals surface area (Å²) in [5.74, 6) is 1.06. The third-order valence-electron chi connectivity index (χ3n) is 2.40. The number of methoxy groups -OCH3 is 1. The summed E-state index contributed by atoms with van der Waals surface area (Å²) in [6.07, 6.45) is 3.21. The van der Waals surface area contributed by atoms with Crippen LogP contribution in [0.5, 0.6) is 5.75 Å². The predicted octanol–water partition coefficient (Wildman–Crippen LogP) is 3.45. The van der Waals surface area contributed by atoms with E-state index in [0.29, 0.717) is 28.7 Å². The molecule has 0 heterocycles. The van der Waals surface area contributed by atoms with Gasteiger partial charge in [-0.15, -0.1) is 0 Å². The van der Waals surface area contributed by atoms with Crippen LogP contribution in [0.15, 0.2) is 41.0 Å². The number of aliphatic imine (C=N–C) groups is 2. The minimum absolute atomic E-state index is 0.411. The Labute approximate surface area is 128 Å². The number of rotatable bonds is 5. The highest BCUT2D eigenvalue weighted by atomic mass is 35.5. The van der Waals surface area contributed by atoms with Gasteiger partial charge in [-0.1, -0.05) is 25.1 Å². The standard InChI is InChI=1S/C14H17ClN4O2/c1-4-13(17-9-16-5-2)19-14(20)18-12-8-10(21-3)6-7-11(12)15/h5-9H,2,4H2,1,3H3,(H2,16,17,18,19,20). The normalized spacial score (nSPS) is 11.3. The van der Waals surface area contributed by atoms with Gasteiger partial charge in [0.05, 0.1) is 17.8 Å². The molecule has 0 aliphatic carbocycles. The Morgan fingerprint density at radius 1 is 1.52 bits per heavy atom. The van der Waals surface area contributed by atoms with Gasteiger partial charge in [-0.05, 0) is 12.1 Å². The SMILES string of the molecule is C=CN=CN=C(CC)NC(=O)Nc1cc(OC)ccc1Cl. The fourth-order valence-electron chi connectivity index (χ4n) is 1.37. The van der Waals surface area contributed by atoms with Crippen LogP contribution in [0, 0.1) is 0 Å². The molecule has 0 aliphatic heterocycles. The van der Waals surface area contributed by atoms with Crippen molar-refractivity contribution in [1.82, 2.24) is 5.32 Å². The molecule has 0 bridgehead atoms. The molecule has 0 saturated heterocycles. The zero-order valence-corrected chi connectivity index (χ0v) is 12.6. The van der Waals surface area contributed by atoms with Crippen molar-refractivity contribution in [3.63, 3.8) is 0 Å². The summed E-state index contributed by atoms with van der Waals surface area (Å²) in [6, 6.07) is 4.53. The number of amides is 2. The van der Waals surface area contributed by atoms with Crippen LogP contribution in [0.1, 0.15) is 13.3 Å². The van der Waals surface area contributed by atoms with Gasteiger partial charge in [0.1, 0.15) is 17.9 Å². The Morgan fingerprint density at radius 2 is 2.29 bits per heavy atom.